The van der Waals surface area contributed by atoms with Crippen molar-refractivity contribution < 1.29 is 0 Å². The number of benzene rings is 1. The maximum Gasteiger partial charge on any atom is 0.0173 e. The van der Waals surface area contributed by atoms with E-state index in [-0.39, 0.29) is 0 Å². The van der Waals surface area contributed by atoms with E-state index in [1.165, 1.54) is 35.7 Å². The molecule has 0 amide bonds. The topological polar surface area (TPSA) is 3.24 Å². The summed E-state index contributed by atoms with van der Waals surface area (Å²) in [7, 11) is 0. The largest absolute Gasteiger partial charge is 0.377 e. The minimum atomic E-state index is 1.22. The fraction of sp³-hybridized carbons (Fsp3) is 0.333. The van der Waals surface area contributed by atoms with Gasteiger partial charge >= 0.3 is 0 Å². The molecule has 2 heteroatoms. The quantitative estimate of drug-likeness (QED) is 0.575. The molecule has 0 bridgehead atoms. The Bertz CT molecular complexity index is 389. The maximum atomic E-state index is 2.39. The number of hydrogen-bond acceptors (Lipinski definition) is 2. The third kappa shape index (κ3) is 4.31. The molecule has 1 heterocycles. The van der Waals surface area contributed by atoms with Gasteiger partial charge in [0, 0.05) is 18.0 Å². The molecule has 0 spiro atoms. The number of allylic oxidation sites excluding steroid dienone is 3. The van der Waals surface area contributed by atoms with Gasteiger partial charge < -0.3 is 4.90 Å². The smallest absolute Gasteiger partial charge is 0.0173 e. The van der Waals surface area contributed by atoms with Crippen LogP contribution in [0.25, 0.3) is 0 Å². The lowest BCUT2D eigenvalue weighted by Gasteiger charge is -2.09. The van der Waals surface area contributed by atoms with Crippen LogP contribution < -0.4 is 0 Å². The van der Waals surface area contributed by atoms with Crippen LogP contribution in [0.5, 0.6) is 0 Å². The van der Waals surface area contributed by atoms with E-state index in [0.717, 1.165) is 0 Å². The van der Waals surface area contributed by atoms with Crippen molar-refractivity contribution in [3.8, 4) is 0 Å². The molecule has 0 aliphatic carbocycles. The van der Waals surface area contributed by atoms with E-state index in [1.807, 2.05) is 11.8 Å². The first-order valence-corrected chi connectivity index (χ1v) is 6.98. The molecule has 1 nitrogen and oxygen atoms in total. The molecule has 0 unspecified atom stereocenters. The Morgan fingerprint density at radius 1 is 1.18 bits per heavy atom. The second-order valence-corrected chi connectivity index (χ2v) is 5.60. The van der Waals surface area contributed by atoms with Crippen molar-refractivity contribution in [3.05, 3.63) is 53.6 Å². The first-order valence-electron chi connectivity index (χ1n) is 6.16. The Kier molecular flexibility index (Phi) is 4.75. The monoisotopic (exact) mass is 245 g/mol. The lowest BCUT2D eigenvalue weighted by Crippen LogP contribution is -2.09. The Morgan fingerprint density at radius 2 is 1.88 bits per heavy atom. The van der Waals surface area contributed by atoms with Crippen LogP contribution in [0, 0.1) is 0 Å². The zero-order valence-electron chi connectivity index (χ0n) is 10.3. The Balaban J connectivity index is 1.84. The molecular formula is C15H19NS. The Morgan fingerprint density at radius 3 is 2.59 bits per heavy atom. The van der Waals surface area contributed by atoms with Gasteiger partial charge in [0.1, 0.15) is 0 Å². The molecule has 2 rings (SSSR count). The highest BCUT2D eigenvalue weighted by Gasteiger charge is 2.05. The van der Waals surface area contributed by atoms with Gasteiger partial charge in [-0.3, -0.25) is 0 Å². The minimum Gasteiger partial charge on any atom is -0.377 e. The summed E-state index contributed by atoms with van der Waals surface area (Å²) in [5, 5.41) is 0. The van der Waals surface area contributed by atoms with E-state index in [0.29, 0.717) is 0 Å². The summed E-state index contributed by atoms with van der Waals surface area (Å²) in [5.41, 5.74) is 0. The zero-order valence-corrected chi connectivity index (χ0v) is 11.1. The van der Waals surface area contributed by atoms with E-state index in [1.54, 1.807) is 0 Å². The average molecular weight is 245 g/mol. The van der Waals surface area contributed by atoms with Crippen molar-refractivity contribution in [2.75, 3.05) is 13.1 Å². The van der Waals surface area contributed by atoms with E-state index < -0.39 is 0 Å². The van der Waals surface area contributed by atoms with Crippen molar-refractivity contribution in [1.82, 2.24) is 4.90 Å². The molecule has 0 aromatic heterocycles. The molecular weight excluding hydrogens is 226 g/mol. The van der Waals surface area contributed by atoms with Crippen molar-refractivity contribution in [2.45, 2.75) is 24.7 Å². The van der Waals surface area contributed by atoms with Gasteiger partial charge in [-0.1, -0.05) is 36.0 Å². The molecule has 1 aromatic carbocycles. The zero-order chi connectivity index (χ0) is 11.9. The predicted octanol–water partition coefficient (Wildman–Crippen LogP) is 4.29. The predicted molar refractivity (Wildman–Crippen MR) is 76.0 cm³/mol. The maximum absolute atomic E-state index is 2.39. The molecule has 0 N–H and O–H groups in total. The fourth-order valence-electron chi connectivity index (χ4n) is 1.90. The van der Waals surface area contributed by atoms with Crippen LogP contribution in [0.4, 0.5) is 0 Å². The second kappa shape index (κ2) is 6.55. The standard InChI is InChI=1S/C15H19NS/c1-14(17-15-9-3-2-4-10-15)8-7-13-16-11-5-6-12-16/h2-4,7-10,13H,5-6,11-12H2,1H3/b13-7+,14-8+. The van der Waals surface area contributed by atoms with Crippen LogP contribution in [-0.4, -0.2) is 18.0 Å². The third-order valence-electron chi connectivity index (χ3n) is 2.79. The molecule has 0 atom stereocenters. The van der Waals surface area contributed by atoms with Gasteiger partial charge in [-0.05, 0) is 49.1 Å². The lowest BCUT2D eigenvalue weighted by atomic mass is 10.4. The van der Waals surface area contributed by atoms with Crippen molar-refractivity contribution in [1.29, 1.82) is 0 Å². The highest BCUT2D eigenvalue weighted by atomic mass is 32.2. The van der Waals surface area contributed by atoms with Gasteiger partial charge in [0.15, 0.2) is 0 Å². The van der Waals surface area contributed by atoms with Crippen LogP contribution in [0.1, 0.15) is 19.8 Å². The molecule has 1 aromatic rings. The fourth-order valence-corrected chi connectivity index (χ4v) is 2.71. The summed E-state index contributed by atoms with van der Waals surface area (Å²) in [6.07, 6.45) is 9.24. The SMILES string of the molecule is C/C(=C\C=C\N1CCCC1)Sc1ccccc1. The second-order valence-electron chi connectivity index (χ2n) is 4.28. The van der Waals surface area contributed by atoms with E-state index in [2.05, 4.69) is 60.5 Å². The van der Waals surface area contributed by atoms with Crippen LogP contribution in [-0.2, 0) is 0 Å². The molecule has 0 saturated carbocycles. The van der Waals surface area contributed by atoms with E-state index in [9.17, 15) is 0 Å². The molecule has 1 aliphatic rings. The Hall–Kier alpha value is -1.15. The van der Waals surface area contributed by atoms with Crippen LogP contribution >= 0.6 is 11.8 Å². The normalized spacial score (nSPS) is 17.0. The van der Waals surface area contributed by atoms with E-state index >= 15 is 0 Å². The van der Waals surface area contributed by atoms with Gasteiger partial charge in [-0.25, -0.2) is 0 Å². The summed E-state index contributed by atoms with van der Waals surface area (Å²) >= 11 is 1.82. The summed E-state index contributed by atoms with van der Waals surface area (Å²) in [5.74, 6) is 0. The number of likely N-dealkylation sites (tertiary alicyclic amines) is 1. The summed E-state index contributed by atoms with van der Waals surface area (Å²) < 4.78 is 0. The van der Waals surface area contributed by atoms with Gasteiger partial charge in [0.25, 0.3) is 0 Å². The van der Waals surface area contributed by atoms with E-state index in [4.69, 9.17) is 0 Å². The molecule has 17 heavy (non-hydrogen) atoms. The van der Waals surface area contributed by atoms with Crippen LogP contribution in [0.3, 0.4) is 0 Å². The Labute approximate surface area is 108 Å². The molecule has 1 fully saturated rings. The summed E-state index contributed by atoms with van der Waals surface area (Å²) in [6, 6.07) is 10.5. The number of hydrogen-bond donors (Lipinski definition) is 0. The van der Waals surface area contributed by atoms with Crippen molar-refractivity contribution in [3.63, 3.8) is 0 Å². The van der Waals surface area contributed by atoms with Gasteiger partial charge in [0.05, 0.1) is 0 Å². The third-order valence-corrected chi connectivity index (χ3v) is 3.76. The van der Waals surface area contributed by atoms with Gasteiger partial charge in [-0.2, -0.15) is 0 Å². The lowest BCUT2D eigenvalue weighted by molar-refractivity contribution is 0.468. The number of rotatable bonds is 4. The molecule has 1 aliphatic heterocycles. The molecule has 0 radical (unpaired) electrons. The van der Waals surface area contributed by atoms with Crippen molar-refractivity contribution in [2.24, 2.45) is 0 Å². The number of nitrogens with zero attached hydrogens (tertiary/aromatic N) is 1. The average Bonchev–Trinajstić information content (AvgIpc) is 2.83. The summed E-state index contributed by atoms with van der Waals surface area (Å²) in [4.78, 5) is 5.01. The highest BCUT2D eigenvalue weighted by Crippen LogP contribution is 2.25. The minimum absolute atomic E-state index is 1.22. The first kappa shape index (κ1) is 12.3. The van der Waals surface area contributed by atoms with Crippen molar-refractivity contribution >= 4 is 11.8 Å². The van der Waals surface area contributed by atoms with Gasteiger partial charge in [-0.15, -0.1) is 0 Å². The van der Waals surface area contributed by atoms with Crippen LogP contribution in [0.2, 0.25) is 0 Å². The molecule has 90 valence electrons. The highest BCUT2D eigenvalue weighted by molar-refractivity contribution is 8.03. The first-order chi connectivity index (χ1) is 8.34. The van der Waals surface area contributed by atoms with Crippen LogP contribution in [0.15, 0.2) is 58.5 Å². The van der Waals surface area contributed by atoms with Gasteiger partial charge in [0.2, 0.25) is 0 Å². The summed E-state index contributed by atoms with van der Waals surface area (Å²) in [6.45, 7) is 4.59. The number of thioether (sulfide) groups is 1. The molecule has 1 saturated heterocycles.